The predicted molar refractivity (Wildman–Crippen MR) is 92.2 cm³/mol. The highest BCUT2D eigenvalue weighted by molar-refractivity contribution is 5.94. The lowest BCUT2D eigenvalue weighted by Crippen LogP contribution is -2.25. The lowest BCUT2D eigenvalue weighted by Gasteiger charge is -2.07. The first kappa shape index (κ1) is 17.9. The van der Waals surface area contributed by atoms with Crippen LogP contribution >= 0.6 is 0 Å². The van der Waals surface area contributed by atoms with E-state index in [2.05, 4.69) is 5.32 Å². The van der Waals surface area contributed by atoms with Gasteiger partial charge in [0.1, 0.15) is 5.76 Å². The maximum atomic E-state index is 12.0. The summed E-state index contributed by atoms with van der Waals surface area (Å²) in [6, 6.07) is 10.5. The highest BCUT2D eigenvalue weighted by Crippen LogP contribution is 2.22. The molecule has 0 atom stereocenters. The minimum Gasteiger partial charge on any atom is -0.451 e. The van der Waals surface area contributed by atoms with E-state index < -0.39 is 0 Å². The highest BCUT2D eigenvalue weighted by Gasteiger charge is 2.12. The number of benzene rings is 1. The number of ether oxygens (including phenoxy) is 1. The Kier molecular flexibility index (Phi) is 6.32. The van der Waals surface area contributed by atoms with Crippen molar-refractivity contribution in [2.75, 3.05) is 13.2 Å². The Bertz CT molecular complexity index is 686. The third kappa shape index (κ3) is 5.06. The largest absolute Gasteiger partial charge is 0.451 e. The number of amides is 1. The number of hydrogen-bond acceptors (Lipinski definition) is 4. The molecule has 5 nitrogen and oxygen atoms in total. The van der Waals surface area contributed by atoms with Crippen molar-refractivity contribution >= 4 is 11.7 Å². The van der Waals surface area contributed by atoms with Gasteiger partial charge >= 0.3 is 0 Å². The van der Waals surface area contributed by atoms with E-state index in [4.69, 9.17) is 9.15 Å². The fourth-order valence-electron chi connectivity index (χ4n) is 2.16. The van der Waals surface area contributed by atoms with Crippen molar-refractivity contribution in [3.8, 4) is 11.3 Å². The smallest absolute Gasteiger partial charge is 0.287 e. The van der Waals surface area contributed by atoms with Crippen LogP contribution in [0.5, 0.6) is 0 Å². The molecule has 1 aromatic heterocycles. The van der Waals surface area contributed by atoms with Crippen molar-refractivity contribution < 1.29 is 18.7 Å². The second-order valence-electron chi connectivity index (χ2n) is 5.83. The molecule has 0 spiro atoms. The number of nitrogens with one attached hydrogen (secondary N) is 1. The molecule has 1 heterocycles. The molecule has 2 rings (SSSR count). The van der Waals surface area contributed by atoms with E-state index in [1.807, 2.05) is 13.8 Å². The second-order valence-corrected chi connectivity index (χ2v) is 5.83. The topological polar surface area (TPSA) is 68.5 Å². The number of hydrogen-bond donors (Lipinski definition) is 1. The molecule has 1 amide bonds. The van der Waals surface area contributed by atoms with Crippen LogP contribution in [0.3, 0.4) is 0 Å². The Morgan fingerprint density at radius 3 is 2.46 bits per heavy atom. The van der Waals surface area contributed by atoms with Gasteiger partial charge in [0.2, 0.25) is 0 Å². The van der Waals surface area contributed by atoms with Crippen molar-refractivity contribution in [2.24, 2.45) is 0 Å². The zero-order valence-electron chi connectivity index (χ0n) is 14.3. The standard InChI is InChI=1S/C19H23NO4/c1-13(2)23-12-4-11-20-19(22)18-10-9-17(24-18)16-7-5-15(6-8-16)14(3)21/h5-10,13H,4,11-12H2,1-3H3,(H,20,22). The van der Waals surface area contributed by atoms with E-state index in [9.17, 15) is 9.59 Å². The normalized spacial score (nSPS) is 10.8. The summed E-state index contributed by atoms with van der Waals surface area (Å²) in [5.74, 6) is 0.637. The maximum absolute atomic E-state index is 12.0. The van der Waals surface area contributed by atoms with Crippen LogP contribution < -0.4 is 5.32 Å². The third-order valence-electron chi connectivity index (χ3n) is 3.46. The number of ketones is 1. The minimum absolute atomic E-state index is 0.0162. The fraction of sp³-hybridized carbons (Fsp3) is 0.368. The number of Topliss-reactive ketones (excluding diaryl/α,β-unsaturated/α-hetero) is 1. The molecule has 0 bridgehead atoms. The van der Waals surface area contributed by atoms with Gasteiger partial charge < -0.3 is 14.5 Å². The number of furan rings is 1. The van der Waals surface area contributed by atoms with E-state index in [1.54, 1.807) is 36.4 Å². The molecule has 0 saturated carbocycles. The number of carbonyl (C=O) groups excluding carboxylic acids is 2. The quantitative estimate of drug-likeness (QED) is 0.592. The number of carbonyl (C=O) groups is 2. The van der Waals surface area contributed by atoms with Crippen LogP contribution in [0.1, 0.15) is 48.1 Å². The summed E-state index contributed by atoms with van der Waals surface area (Å²) in [7, 11) is 0. The van der Waals surface area contributed by atoms with E-state index in [1.165, 1.54) is 6.92 Å². The SMILES string of the molecule is CC(=O)c1ccc(-c2ccc(C(=O)NCCCOC(C)C)o2)cc1. The lowest BCUT2D eigenvalue weighted by atomic mass is 10.1. The van der Waals surface area contributed by atoms with Gasteiger partial charge in [-0.1, -0.05) is 24.3 Å². The average Bonchev–Trinajstić information content (AvgIpc) is 3.04. The second kappa shape index (κ2) is 8.45. The maximum Gasteiger partial charge on any atom is 0.287 e. The average molecular weight is 329 g/mol. The van der Waals surface area contributed by atoms with Gasteiger partial charge in [0.05, 0.1) is 6.10 Å². The Balaban J connectivity index is 1.90. The minimum atomic E-state index is -0.244. The molecule has 24 heavy (non-hydrogen) atoms. The zero-order valence-corrected chi connectivity index (χ0v) is 14.3. The van der Waals surface area contributed by atoms with Crippen LogP contribution in [0.4, 0.5) is 0 Å². The van der Waals surface area contributed by atoms with Crippen molar-refractivity contribution in [1.29, 1.82) is 0 Å². The molecule has 0 aliphatic carbocycles. The summed E-state index contributed by atoms with van der Waals surface area (Å²) in [5.41, 5.74) is 1.47. The molecule has 2 aromatic rings. The van der Waals surface area contributed by atoms with Gasteiger partial charge in [0.25, 0.3) is 5.91 Å². The fourth-order valence-corrected chi connectivity index (χ4v) is 2.16. The van der Waals surface area contributed by atoms with Crippen LogP contribution in [-0.4, -0.2) is 30.9 Å². The van der Waals surface area contributed by atoms with Crippen molar-refractivity contribution in [1.82, 2.24) is 5.32 Å². The molecule has 0 aliphatic rings. The summed E-state index contributed by atoms with van der Waals surface area (Å²) < 4.78 is 11.0. The number of rotatable bonds is 8. The molecule has 0 fully saturated rings. The van der Waals surface area contributed by atoms with E-state index in [0.717, 1.165) is 12.0 Å². The highest BCUT2D eigenvalue weighted by atomic mass is 16.5. The summed E-state index contributed by atoms with van der Waals surface area (Å²) in [5, 5.41) is 2.80. The van der Waals surface area contributed by atoms with E-state index >= 15 is 0 Å². The van der Waals surface area contributed by atoms with Crippen molar-refractivity contribution in [3.63, 3.8) is 0 Å². The first-order chi connectivity index (χ1) is 11.5. The van der Waals surface area contributed by atoms with Gasteiger partial charge in [0.15, 0.2) is 11.5 Å². The first-order valence-corrected chi connectivity index (χ1v) is 8.08. The predicted octanol–water partition coefficient (Wildman–Crippen LogP) is 3.69. The Labute approximate surface area is 142 Å². The molecule has 0 unspecified atom stereocenters. The molecule has 128 valence electrons. The monoisotopic (exact) mass is 329 g/mol. The molecule has 1 N–H and O–H groups in total. The summed E-state index contributed by atoms with van der Waals surface area (Å²) in [4.78, 5) is 23.3. The molecule has 5 heteroatoms. The van der Waals surface area contributed by atoms with Crippen LogP contribution in [0.15, 0.2) is 40.8 Å². The Morgan fingerprint density at radius 1 is 1.12 bits per heavy atom. The van der Waals surface area contributed by atoms with Crippen molar-refractivity contribution in [2.45, 2.75) is 33.3 Å². The van der Waals surface area contributed by atoms with Crippen LogP contribution in [-0.2, 0) is 4.74 Å². The summed E-state index contributed by atoms with van der Waals surface area (Å²) >= 11 is 0. The summed E-state index contributed by atoms with van der Waals surface area (Å²) in [6.45, 7) is 6.63. The van der Waals surface area contributed by atoms with Crippen molar-refractivity contribution in [3.05, 3.63) is 47.7 Å². The molecule has 1 aromatic carbocycles. The Morgan fingerprint density at radius 2 is 1.83 bits per heavy atom. The van der Waals surface area contributed by atoms with Gasteiger partial charge in [-0.3, -0.25) is 9.59 Å². The van der Waals surface area contributed by atoms with Crippen LogP contribution in [0.2, 0.25) is 0 Å². The summed E-state index contributed by atoms with van der Waals surface area (Å²) in [6.07, 6.45) is 0.951. The van der Waals surface area contributed by atoms with Gasteiger partial charge in [-0.2, -0.15) is 0 Å². The van der Waals surface area contributed by atoms with Gasteiger partial charge in [-0.25, -0.2) is 0 Å². The van der Waals surface area contributed by atoms with Gasteiger partial charge in [0, 0.05) is 24.3 Å². The van der Waals surface area contributed by atoms with Crippen LogP contribution in [0, 0.1) is 0 Å². The zero-order chi connectivity index (χ0) is 17.5. The molecule has 0 aliphatic heterocycles. The Hall–Kier alpha value is -2.40. The molecular formula is C19H23NO4. The third-order valence-corrected chi connectivity index (χ3v) is 3.46. The first-order valence-electron chi connectivity index (χ1n) is 8.08. The molecule has 0 radical (unpaired) electrons. The lowest BCUT2D eigenvalue weighted by molar-refractivity contribution is 0.0753. The van der Waals surface area contributed by atoms with Crippen LogP contribution in [0.25, 0.3) is 11.3 Å². The van der Waals surface area contributed by atoms with E-state index in [0.29, 0.717) is 24.5 Å². The molecule has 0 saturated heterocycles. The van der Waals surface area contributed by atoms with Gasteiger partial charge in [-0.15, -0.1) is 0 Å². The van der Waals surface area contributed by atoms with Gasteiger partial charge in [-0.05, 0) is 39.3 Å². The molecular weight excluding hydrogens is 306 g/mol. The van der Waals surface area contributed by atoms with E-state index in [-0.39, 0.29) is 23.6 Å².